The fourth-order valence-corrected chi connectivity index (χ4v) is 2.89. The first kappa shape index (κ1) is 20.8. The highest BCUT2D eigenvalue weighted by atomic mass is 16.3. The number of aryl methyl sites for hydroxylation is 3. The Bertz CT molecular complexity index is 1210. The molecule has 0 bridgehead atoms. The number of nitrogens with zero attached hydrogens (tertiary/aromatic N) is 2. The molecule has 0 aliphatic carbocycles. The number of aromatic nitrogens is 2. The van der Waals surface area contributed by atoms with Crippen molar-refractivity contribution < 1.29 is 9.90 Å². The van der Waals surface area contributed by atoms with Crippen LogP contribution in [0.1, 0.15) is 28.7 Å². The number of hydrogen-bond donors (Lipinski definition) is 3. The molecule has 3 aromatic rings. The van der Waals surface area contributed by atoms with Crippen molar-refractivity contribution in [2.45, 2.75) is 26.7 Å². The Morgan fingerprint density at radius 1 is 1.13 bits per heavy atom. The van der Waals surface area contributed by atoms with Gasteiger partial charge in [0.05, 0.1) is 11.9 Å². The normalized spacial score (nSPS) is 11.0. The summed E-state index contributed by atoms with van der Waals surface area (Å²) in [6.07, 6.45) is 1.78. The first-order valence-corrected chi connectivity index (χ1v) is 9.38. The molecule has 0 radical (unpaired) electrons. The Morgan fingerprint density at radius 3 is 2.57 bits per heavy atom. The van der Waals surface area contributed by atoms with Crippen LogP contribution in [0.15, 0.2) is 63.2 Å². The Hall–Kier alpha value is -3.94. The van der Waals surface area contributed by atoms with Gasteiger partial charge in [0, 0.05) is 6.42 Å². The minimum atomic E-state index is -0.806. The quantitative estimate of drug-likeness (QED) is 0.428. The highest BCUT2D eigenvalue weighted by Crippen LogP contribution is 2.18. The van der Waals surface area contributed by atoms with E-state index in [9.17, 15) is 19.5 Å². The second kappa shape index (κ2) is 9.04. The summed E-state index contributed by atoms with van der Waals surface area (Å²) < 4.78 is 0.979. The smallest absolute Gasteiger partial charge is 0.335 e. The van der Waals surface area contributed by atoms with E-state index in [4.69, 9.17) is 0 Å². The van der Waals surface area contributed by atoms with Crippen LogP contribution in [-0.4, -0.2) is 26.8 Å². The molecule has 0 fully saturated rings. The molecule has 0 aliphatic rings. The van der Waals surface area contributed by atoms with Gasteiger partial charge in [0.2, 0.25) is 11.8 Å². The van der Waals surface area contributed by atoms with Crippen molar-refractivity contribution in [1.82, 2.24) is 15.0 Å². The number of carbonyl (C=O) groups excluding carboxylic acids is 1. The average molecular weight is 406 g/mol. The Balaban J connectivity index is 1.79. The standard InChI is InChI=1S/C22H22N4O4/c1-14-8-10-17(12-15(14)2)26-21(29)18(20(28)24-22(26)30)13-23-25-19(27)11-9-16-6-4-3-5-7-16/h3-8,10,12-13,29H,9,11H2,1-2H3,(H,25,27)(H,24,28,30). The number of aromatic amines is 1. The van der Waals surface area contributed by atoms with Crippen LogP contribution in [0.4, 0.5) is 0 Å². The molecule has 0 unspecified atom stereocenters. The molecule has 1 aromatic heterocycles. The molecule has 2 aromatic carbocycles. The third kappa shape index (κ3) is 4.72. The molecule has 154 valence electrons. The van der Waals surface area contributed by atoms with Gasteiger partial charge in [-0.25, -0.2) is 14.8 Å². The zero-order valence-corrected chi connectivity index (χ0v) is 16.7. The summed E-state index contributed by atoms with van der Waals surface area (Å²) in [5, 5.41) is 14.3. The van der Waals surface area contributed by atoms with Crippen molar-refractivity contribution in [1.29, 1.82) is 0 Å². The van der Waals surface area contributed by atoms with Gasteiger partial charge in [-0.05, 0) is 49.1 Å². The van der Waals surface area contributed by atoms with Crippen molar-refractivity contribution in [3.05, 3.63) is 91.6 Å². The van der Waals surface area contributed by atoms with Crippen LogP contribution in [0.5, 0.6) is 5.88 Å². The molecule has 8 heteroatoms. The third-order valence-electron chi connectivity index (χ3n) is 4.74. The minimum absolute atomic E-state index is 0.214. The molecule has 1 heterocycles. The molecule has 30 heavy (non-hydrogen) atoms. The van der Waals surface area contributed by atoms with E-state index < -0.39 is 17.1 Å². The summed E-state index contributed by atoms with van der Waals surface area (Å²) in [7, 11) is 0. The van der Waals surface area contributed by atoms with Crippen molar-refractivity contribution in [3.8, 4) is 11.6 Å². The monoisotopic (exact) mass is 406 g/mol. The van der Waals surface area contributed by atoms with E-state index in [1.807, 2.05) is 50.2 Å². The van der Waals surface area contributed by atoms with Gasteiger partial charge in [-0.15, -0.1) is 0 Å². The molecular formula is C22H22N4O4. The van der Waals surface area contributed by atoms with Gasteiger partial charge in [-0.1, -0.05) is 36.4 Å². The molecule has 0 aliphatic heterocycles. The van der Waals surface area contributed by atoms with Crippen molar-refractivity contribution in [2.75, 3.05) is 0 Å². The summed E-state index contributed by atoms with van der Waals surface area (Å²) in [5.74, 6) is -0.900. The molecule has 1 amide bonds. The molecule has 0 saturated carbocycles. The minimum Gasteiger partial charge on any atom is -0.493 e. The van der Waals surface area contributed by atoms with Crippen LogP contribution in [0, 0.1) is 13.8 Å². The van der Waals surface area contributed by atoms with Gasteiger partial charge in [-0.2, -0.15) is 5.10 Å². The number of hydrogen-bond acceptors (Lipinski definition) is 5. The van der Waals surface area contributed by atoms with Gasteiger partial charge in [0.25, 0.3) is 5.56 Å². The van der Waals surface area contributed by atoms with Crippen molar-refractivity contribution >= 4 is 12.1 Å². The number of aromatic hydroxyl groups is 1. The van der Waals surface area contributed by atoms with Gasteiger partial charge in [0.15, 0.2) is 0 Å². The highest BCUT2D eigenvalue weighted by molar-refractivity contribution is 5.84. The fourth-order valence-electron chi connectivity index (χ4n) is 2.89. The zero-order valence-electron chi connectivity index (χ0n) is 16.7. The van der Waals surface area contributed by atoms with Crippen LogP contribution in [0.25, 0.3) is 5.69 Å². The summed E-state index contributed by atoms with van der Waals surface area (Å²) in [5.41, 5.74) is 3.87. The van der Waals surface area contributed by atoms with Crippen LogP contribution >= 0.6 is 0 Å². The van der Waals surface area contributed by atoms with E-state index in [1.54, 1.807) is 12.1 Å². The SMILES string of the molecule is Cc1ccc(-n2c(O)c(C=NNC(=O)CCc3ccccc3)c(=O)[nH]c2=O)cc1C. The lowest BCUT2D eigenvalue weighted by Crippen LogP contribution is -2.31. The molecule has 3 N–H and O–H groups in total. The number of rotatable bonds is 6. The summed E-state index contributed by atoms with van der Waals surface area (Å²) in [6.45, 7) is 3.80. The van der Waals surface area contributed by atoms with Gasteiger partial charge in [-0.3, -0.25) is 14.6 Å². The number of amides is 1. The molecular weight excluding hydrogens is 384 g/mol. The summed E-state index contributed by atoms with van der Waals surface area (Å²) in [4.78, 5) is 38.5. The second-order valence-electron chi connectivity index (χ2n) is 6.88. The molecule has 8 nitrogen and oxygen atoms in total. The van der Waals surface area contributed by atoms with E-state index in [2.05, 4.69) is 15.5 Å². The summed E-state index contributed by atoms with van der Waals surface area (Å²) in [6, 6.07) is 14.7. The van der Waals surface area contributed by atoms with Crippen LogP contribution in [0.2, 0.25) is 0 Å². The predicted octanol–water partition coefficient (Wildman–Crippen LogP) is 1.93. The van der Waals surface area contributed by atoms with E-state index >= 15 is 0 Å². The van der Waals surface area contributed by atoms with E-state index in [0.717, 1.165) is 27.5 Å². The third-order valence-corrected chi connectivity index (χ3v) is 4.74. The predicted molar refractivity (Wildman–Crippen MR) is 114 cm³/mol. The van der Waals surface area contributed by atoms with E-state index in [0.29, 0.717) is 12.1 Å². The Kier molecular flexibility index (Phi) is 6.26. The van der Waals surface area contributed by atoms with Gasteiger partial charge in [0.1, 0.15) is 5.56 Å². The van der Waals surface area contributed by atoms with E-state index in [-0.39, 0.29) is 17.9 Å². The average Bonchev–Trinajstić information content (AvgIpc) is 2.72. The molecule has 3 rings (SSSR count). The number of nitrogens with one attached hydrogen (secondary N) is 2. The van der Waals surface area contributed by atoms with Gasteiger partial charge >= 0.3 is 5.69 Å². The first-order valence-electron chi connectivity index (χ1n) is 9.38. The van der Waals surface area contributed by atoms with Gasteiger partial charge < -0.3 is 5.11 Å². The topological polar surface area (TPSA) is 117 Å². The lowest BCUT2D eigenvalue weighted by atomic mass is 10.1. The number of H-pyrrole nitrogens is 1. The highest BCUT2D eigenvalue weighted by Gasteiger charge is 2.14. The van der Waals surface area contributed by atoms with Crippen molar-refractivity contribution in [3.63, 3.8) is 0 Å². The lowest BCUT2D eigenvalue weighted by Gasteiger charge is -2.11. The Labute approximate surface area is 172 Å². The fraction of sp³-hybridized carbons (Fsp3) is 0.182. The largest absolute Gasteiger partial charge is 0.493 e. The van der Waals surface area contributed by atoms with Crippen molar-refractivity contribution in [2.24, 2.45) is 5.10 Å². The summed E-state index contributed by atoms with van der Waals surface area (Å²) >= 11 is 0. The lowest BCUT2D eigenvalue weighted by molar-refractivity contribution is -0.121. The van der Waals surface area contributed by atoms with Crippen LogP contribution < -0.4 is 16.7 Å². The maximum atomic E-state index is 12.2. The molecule has 0 atom stereocenters. The maximum Gasteiger partial charge on any atom is 0.335 e. The number of carbonyl (C=O) groups is 1. The zero-order chi connectivity index (χ0) is 21.7. The maximum absolute atomic E-state index is 12.2. The second-order valence-corrected chi connectivity index (χ2v) is 6.88. The van der Waals surface area contributed by atoms with Crippen LogP contribution in [0.3, 0.4) is 0 Å². The first-order chi connectivity index (χ1) is 14.4. The molecule has 0 saturated heterocycles. The Morgan fingerprint density at radius 2 is 1.87 bits per heavy atom. The molecule has 0 spiro atoms. The van der Waals surface area contributed by atoms with Crippen LogP contribution in [-0.2, 0) is 11.2 Å². The number of benzene rings is 2. The number of hydrazone groups is 1. The van der Waals surface area contributed by atoms with E-state index in [1.165, 1.54) is 0 Å².